The number of nitrogens with zero attached hydrogens (tertiary/aromatic N) is 1. The minimum Gasteiger partial charge on any atom is -0.480 e. The van der Waals surface area contributed by atoms with Gasteiger partial charge in [0.1, 0.15) is 12.6 Å². The van der Waals surface area contributed by atoms with Crippen molar-refractivity contribution >= 4 is 36.3 Å². The van der Waals surface area contributed by atoms with E-state index in [1.54, 1.807) is 0 Å². The van der Waals surface area contributed by atoms with E-state index in [2.05, 4.69) is 95.9 Å². The van der Waals surface area contributed by atoms with Crippen LogP contribution in [0.25, 0.3) is 0 Å². The number of nitrogens with two attached hydrogens (primary N) is 1. The highest BCUT2D eigenvalue weighted by atomic mass is 32.1. The molecule has 0 radical (unpaired) electrons. The Morgan fingerprint density at radius 1 is 0.614 bits per heavy atom. The molecule has 3 amide bonds. The molecule has 0 aromatic carbocycles. The van der Waals surface area contributed by atoms with Gasteiger partial charge in [0.25, 0.3) is 0 Å². The van der Waals surface area contributed by atoms with Gasteiger partial charge in [-0.05, 0) is 96.6 Å². The number of thiol groups is 1. The Morgan fingerprint density at radius 2 is 1.07 bits per heavy atom. The van der Waals surface area contributed by atoms with Crippen molar-refractivity contribution in [1.82, 2.24) is 20.9 Å². The largest absolute Gasteiger partial charge is 0.480 e. The summed E-state index contributed by atoms with van der Waals surface area (Å²) in [6.07, 6.45) is 45.2. The van der Waals surface area contributed by atoms with Crippen LogP contribution in [0.15, 0.2) is 48.6 Å². The first-order chi connectivity index (χ1) is 27.7. The van der Waals surface area contributed by atoms with Crippen LogP contribution in [0.1, 0.15) is 168 Å². The average Bonchev–Trinajstić information content (AvgIpc) is 3.20. The van der Waals surface area contributed by atoms with E-state index in [-0.39, 0.29) is 24.5 Å². The SMILES string of the molecule is CCCCC/C=C/C/C=C/CCCCCCCN(CCCCCCC/C=C/C/C=C/CCCCC)CCNC(=O)C(N)CCC(=O)NC(CS)C(=O)NCC(=O)O. The van der Waals surface area contributed by atoms with Gasteiger partial charge in [-0.25, -0.2) is 0 Å². The van der Waals surface area contributed by atoms with Gasteiger partial charge in [0, 0.05) is 25.3 Å². The van der Waals surface area contributed by atoms with E-state index in [9.17, 15) is 19.2 Å². The molecule has 0 aromatic rings. The van der Waals surface area contributed by atoms with Gasteiger partial charge in [-0.1, -0.05) is 127 Å². The number of carboxylic acids is 1. The van der Waals surface area contributed by atoms with Gasteiger partial charge in [-0.2, -0.15) is 12.6 Å². The molecule has 6 N–H and O–H groups in total. The highest BCUT2D eigenvalue weighted by molar-refractivity contribution is 7.80. The molecule has 11 heteroatoms. The number of allylic oxidation sites excluding steroid dienone is 8. The van der Waals surface area contributed by atoms with Gasteiger partial charge in [-0.3, -0.25) is 19.2 Å². The lowest BCUT2D eigenvalue weighted by Crippen LogP contribution is -2.49. The Bertz CT molecular complexity index is 1080. The quantitative estimate of drug-likeness (QED) is 0.0205. The third kappa shape index (κ3) is 37.2. The van der Waals surface area contributed by atoms with E-state index >= 15 is 0 Å². The number of carbonyl (C=O) groups is 4. The van der Waals surface area contributed by atoms with E-state index in [0.717, 1.165) is 58.2 Å². The normalized spacial score (nSPS) is 13.0. The molecule has 0 rings (SSSR count). The zero-order chi connectivity index (χ0) is 42.0. The molecule has 0 spiro atoms. The van der Waals surface area contributed by atoms with Crippen LogP contribution < -0.4 is 21.7 Å². The van der Waals surface area contributed by atoms with E-state index in [1.165, 1.54) is 103 Å². The summed E-state index contributed by atoms with van der Waals surface area (Å²) in [5.74, 6) is -2.57. The Kier molecular flexibility index (Phi) is 39.2. The summed E-state index contributed by atoms with van der Waals surface area (Å²) in [6.45, 7) is 7.20. The van der Waals surface area contributed by atoms with Crippen molar-refractivity contribution in [3.8, 4) is 0 Å². The molecule has 0 bridgehead atoms. The van der Waals surface area contributed by atoms with Gasteiger partial charge in [-0.15, -0.1) is 0 Å². The summed E-state index contributed by atoms with van der Waals surface area (Å²) < 4.78 is 0. The van der Waals surface area contributed by atoms with Crippen LogP contribution in [-0.4, -0.2) is 84.3 Å². The van der Waals surface area contributed by atoms with Gasteiger partial charge in [0.15, 0.2) is 0 Å². The third-order valence-corrected chi connectivity index (χ3v) is 10.2. The zero-order valence-electron chi connectivity index (χ0n) is 36.0. The number of nitrogens with one attached hydrogen (secondary N) is 3. The number of hydrogen-bond acceptors (Lipinski definition) is 7. The molecule has 0 aromatic heterocycles. The van der Waals surface area contributed by atoms with Gasteiger partial charge in [0.2, 0.25) is 17.7 Å². The van der Waals surface area contributed by atoms with Crippen molar-refractivity contribution in [2.75, 3.05) is 38.5 Å². The first-order valence-corrected chi connectivity index (χ1v) is 23.1. The van der Waals surface area contributed by atoms with Crippen LogP contribution in [0, 0.1) is 0 Å². The molecule has 57 heavy (non-hydrogen) atoms. The molecule has 10 nitrogen and oxygen atoms in total. The summed E-state index contributed by atoms with van der Waals surface area (Å²) in [4.78, 5) is 50.4. The fourth-order valence-corrected chi connectivity index (χ4v) is 6.52. The second kappa shape index (κ2) is 41.3. The smallest absolute Gasteiger partial charge is 0.322 e. The van der Waals surface area contributed by atoms with Crippen molar-refractivity contribution in [3.05, 3.63) is 48.6 Å². The number of carbonyl (C=O) groups excluding carboxylic acids is 3. The summed E-state index contributed by atoms with van der Waals surface area (Å²) in [5, 5.41) is 16.5. The maximum atomic E-state index is 12.8. The standard InChI is InChI=1S/C46H83N5O5S/c1-3-5-7-9-11-13-15-17-19-21-23-25-27-29-31-36-51(37-32-30-28-26-24-22-20-18-16-14-12-10-8-6-4-2)38-35-48-45(55)41(47)33-34-43(52)50-42(40-57)46(56)49-39-44(53)54/h11-14,17-20,41-42,57H,3-10,15-16,21-40,47H2,1-2H3,(H,48,55)(H,49,56)(H,50,52)(H,53,54)/b13-11+,14-12+,19-17+,20-18+. The first kappa shape index (κ1) is 54.1. The van der Waals surface area contributed by atoms with E-state index in [4.69, 9.17) is 10.8 Å². The van der Waals surface area contributed by atoms with Crippen molar-refractivity contribution < 1.29 is 24.3 Å². The topological polar surface area (TPSA) is 154 Å². The molecule has 0 heterocycles. The fourth-order valence-electron chi connectivity index (χ4n) is 6.26. The minimum atomic E-state index is -1.18. The predicted molar refractivity (Wildman–Crippen MR) is 243 cm³/mol. The molecule has 0 saturated heterocycles. The van der Waals surface area contributed by atoms with Crippen LogP contribution in [0.4, 0.5) is 0 Å². The van der Waals surface area contributed by atoms with Gasteiger partial charge < -0.3 is 31.7 Å². The molecule has 0 aliphatic heterocycles. The van der Waals surface area contributed by atoms with Crippen LogP contribution in [0.3, 0.4) is 0 Å². The number of hydrogen-bond donors (Lipinski definition) is 6. The number of aliphatic carboxylic acids is 1. The second-order valence-electron chi connectivity index (χ2n) is 15.2. The lowest BCUT2D eigenvalue weighted by molar-refractivity contribution is -0.138. The zero-order valence-corrected chi connectivity index (χ0v) is 36.9. The Labute approximate surface area is 353 Å². The Hall–Kier alpha value is -2.89. The molecule has 2 unspecified atom stereocenters. The van der Waals surface area contributed by atoms with Crippen molar-refractivity contribution in [3.63, 3.8) is 0 Å². The fraction of sp³-hybridized carbons (Fsp3) is 0.739. The lowest BCUT2D eigenvalue weighted by Gasteiger charge is -2.23. The van der Waals surface area contributed by atoms with Crippen molar-refractivity contribution in [1.29, 1.82) is 0 Å². The minimum absolute atomic E-state index is 0.00454. The monoisotopic (exact) mass is 818 g/mol. The third-order valence-electron chi connectivity index (χ3n) is 9.84. The average molecular weight is 818 g/mol. The molecule has 2 atom stereocenters. The van der Waals surface area contributed by atoms with Crippen molar-refractivity contribution in [2.24, 2.45) is 5.73 Å². The highest BCUT2D eigenvalue weighted by Crippen LogP contribution is 2.11. The Balaban J connectivity index is 4.57. The van der Waals surface area contributed by atoms with Crippen LogP contribution in [0.2, 0.25) is 0 Å². The van der Waals surface area contributed by atoms with Gasteiger partial charge in [0.05, 0.1) is 6.04 Å². The van der Waals surface area contributed by atoms with Crippen LogP contribution >= 0.6 is 12.6 Å². The molecular formula is C46H83N5O5S. The van der Waals surface area contributed by atoms with E-state index in [0.29, 0.717) is 6.54 Å². The number of unbranched alkanes of at least 4 members (excludes halogenated alkanes) is 16. The predicted octanol–water partition coefficient (Wildman–Crippen LogP) is 8.97. The maximum absolute atomic E-state index is 12.8. The summed E-state index contributed by atoms with van der Waals surface area (Å²) in [5.41, 5.74) is 6.10. The highest BCUT2D eigenvalue weighted by Gasteiger charge is 2.21. The van der Waals surface area contributed by atoms with Gasteiger partial charge >= 0.3 is 5.97 Å². The summed E-state index contributed by atoms with van der Waals surface area (Å²) in [6, 6.07) is -1.83. The van der Waals surface area contributed by atoms with Crippen molar-refractivity contribution in [2.45, 2.75) is 180 Å². The van der Waals surface area contributed by atoms with E-state index < -0.39 is 36.4 Å². The molecule has 0 saturated carbocycles. The molecular weight excluding hydrogens is 735 g/mol. The van der Waals surface area contributed by atoms with Crippen LogP contribution in [-0.2, 0) is 19.2 Å². The van der Waals surface area contributed by atoms with Crippen LogP contribution in [0.5, 0.6) is 0 Å². The maximum Gasteiger partial charge on any atom is 0.322 e. The number of amides is 3. The van der Waals surface area contributed by atoms with E-state index in [1.807, 2.05) is 0 Å². The number of carboxylic acid groups (broad SMARTS) is 1. The number of rotatable bonds is 40. The second-order valence-corrected chi connectivity index (χ2v) is 15.5. The molecule has 328 valence electrons. The Morgan fingerprint density at radius 3 is 1.53 bits per heavy atom. The summed E-state index contributed by atoms with van der Waals surface area (Å²) >= 11 is 4.08. The lowest BCUT2D eigenvalue weighted by atomic mass is 10.1. The molecule has 0 aliphatic rings. The molecule has 0 aliphatic carbocycles. The summed E-state index contributed by atoms with van der Waals surface area (Å²) in [7, 11) is 0. The molecule has 0 fully saturated rings. The first-order valence-electron chi connectivity index (χ1n) is 22.5.